The topological polar surface area (TPSA) is 277 Å². The lowest BCUT2D eigenvalue weighted by atomic mass is 10.1. The first kappa shape index (κ1) is 33.2. The van der Waals surface area contributed by atoms with Crippen LogP contribution in [-0.4, -0.2) is 74.7 Å². The molecular formula is C28H27N17O4. The lowest BCUT2D eigenvalue weighted by Crippen LogP contribution is -2.12. The van der Waals surface area contributed by atoms with Crippen molar-refractivity contribution in [2.75, 3.05) is 25.2 Å². The third-order valence-electron chi connectivity index (χ3n) is 7.28. The molecule has 0 unspecified atom stereocenters. The van der Waals surface area contributed by atoms with E-state index < -0.39 is 18.4 Å². The van der Waals surface area contributed by atoms with E-state index in [0.29, 0.717) is 5.69 Å². The molecule has 21 nitrogen and oxygen atoms in total. The van der Waals surface area contributed by atoms with Crippen molar-refractivity contribution in [1.29, 1.82) is 5.26 Å². The van der Waals surface area contributed by atoms with E-state index in [9.17, 15) is 20.0 Å². The molecule has 0 spiro atoms. The Morgan fingerprint density at radius 1 is 0.939 bits per heavy atom. The maximum Gasteiger partial charge on any atom is 0.343 e. The van der Waals surface area contributed by atoms with Gasteiger partial charge in [0.1, 0.15) is 18.2 Å². The minimum absolute atomic E-state index is 0.0104. The molecule has 0 bridgehead atoms. The number of carbonyl (C=O) groups excluding carboxylic acids is 2. The van der Waals surface area contributed by atoms with E-state index >= 15 is 0 Å². The van der Waals surface area contributed by atoms with Crippen LogP contribution in [0.15, 0.2) is 32.9 Å². The Morgan fingerprint density at radius 3 is 1.94 bits per heavy atom. The Bertz CT molecular complexity index is 2150. The van der Waals surface area contributed by atoms with Gasteiger partial charge in [0.05, 0.1) is 48.6 Å². The van der Waals surface area contributed by atoms with E-state index in [1.165, 1.54) is 38.2 Å². The number of nitriles is 1. The smallest absolute Gasteiger partial charge is 0.343 e. The maximum absolute atomic E-state index is 12.2. The first-order valence-corrected chi connectivity index (χ1v) is 14.0. The van der Waals surface area contributed by atoms with Gasteiger partial charge in [-0.05, 0) is 26.3 Å². The average molecular weight is 666 g/mol. The molecule has 0 aliphatic carbocycles. The Morgan fingerprint density at radius 2 is 1.45 bits per heavy atom. The van der Waals surface area contributed by atoms with Gasteiger partial charge in [0, 0.05) is 14.1 Å². The van der Waals surface area contributed by atoms with Gasteiger partial charge in [0.15, 0.2) is 52.1 Å². The number of azo groups is 2. The summed E-state index contributed by atoms with van der Waals surface area (Å²) in [4.78, 5) is 32.5. The quantitative estimate of drug-likeness (QED) is 0.0885. The Kier molecular flexibility index (Phi) is 8.77. The van der Waals surface area contributed by atoms with Crippen LogP contribution >= 0.6 is 0 Å². The maximum atomic E-state index is 12.2. The molecule has 21 heteroatoms. The highest BCUT2D eigenvalue weighted by Crippen LogP contribution is 2.38. The zero-order chi connectivity index (χ0) is 35.7. The number of aliphatic hydroxyl groups is 1. The molecule has 49 heavy (non-hydrogen) atoms. The number of methoxy groups -OCH3 is 1. The monoisotopic (exact) mass is 665 g/mol. The highest BCUT2D eigenvalue weighted by molar-refractivity contribution is 6.00. The van der Waals surface area contributed by atoms with Crippen molar-refractivity contribution in [3.8, 4) is 17.7 Å². The number of anilines is 2. The number of aryl methyl sites for hydroxylation is 4. The van der Waals surface area contributed by atoms with E-state index in [4.69, 9.17) is 22.8 Å². The van der Waals surface area contributed by atoms with Crippen LogP contribution in [-0.2, 0) is 18.8 Å². The average Bonchev–Trinajstić information content (AvgIpc) is 3.81. The summed E-state index contributed by atoms with van der Waals surface area (Å²) in [6.07, 6.45) is 2.55. The molecule has 0 saturated heterocycles. The fourth-order valence-electron chi connectivity index (χ4n) is 4.71. The molecule has 0 atom stereocenters. The van der Waals surface area contributed by atoms with Gasteiger partial charge in [-0.25, -0.2) is 28.7 Å². The molecule has 0 aromatic carbocycles. The fourth-order valence-corrected chi connectivity index (χ4v) is 4.71. The second-order valence-electron chi connectivity index (χ2n) is 10.3. The fraction of sp³-hybridized carbons (Fsp3) is 0.250. The normalized spacial score (nSPS) is 11.4. The van der Waals surface area contributed by atoms with Crippen LogP contribution in [0.2, 0.25) is 0 Å². The largest absolute Gasteiger partial charge is 0.465 e. The second kappa shape index (κ2) is 12.9. The number of pyridine rings is 1. The first-order chi connectivity index (χ1) is 23.4. The Hall–Kier alpha value is -7.13. The number of ketones is 1. The number of aliphatic hydroxyl groups excluding tert-OH is 1. The number of nitrogens with zero attached hydrogens (tertiary/aromatic N) is 15. The number of nitrogens with two attached hydrogens (primary N) is 2. The molecule has 0 fully saturated rings. The lowest BCUT2D eigenvalue weighted by molar-refractivity contribution is 0.0601. The summed E-state index contributed by atoms with van der Waals surface area (Å²) in [7, 11) is 4.34. The summed E-state index contributed by atoms with van der Waals surface area (Å²) in [5.74, 6) is -1.33. The van der Waals surface area contributed by atoms with Gasteiger partial charge in [0.25, 0.3) is 0 Å². The number of Topliss-reactive ketones (excluding diaryl/α,β-unsaturated/α-hetero) is 1. The minimum Gasteiger partial charge on any atom is -0.465 e. The van der Waals surface area contributed by atoms with Gasteiger partial charge in [-0.1, -0.05) is 0 Å². The molecule has 0 aliphatic heterocycles. The summed E-state index contributed by atoms with van der Waals surface area (Å²) in [5, 5.41) is 53.0. The minimum atomic E-state index is -0.746. The van der Waals surface area contributed by atoms with Gasteiger partial charge in [-0.3, -0.25) is 4.79 Å². The van der Waals surface area contributed by atoms with Crippen molar-refractivity contribution in [2.45, 2.75) is 20.8 Å². The summed E-state index contributed by atoms with van der Waals surface area (Å²) in [6, 6.07) is 2.06. The van der Waals surface area contributed by atoms with Gasteiger partial charge in [-0.2, -0.15) is 30.3 Å². The van der Waals surface area contributed by atoms with Crippen molar-refractivity contribution >= 4 is 52.1 Å². The van der Waals surface area contributed by atoms with Gasteiger partial charge in [0.2, 0.25) is 5.69 Å². The number of ether oxygens (including phenoxy) is 1. The molecule has 248 valence electrons. The third kappa shape index (κ3) is 5.61. The van der Waals surface area contributed by atoms with E-state index in [1.807, 2.05) is 0 Å². The van der Waals surface area contributed by atoms with Crippen LogP contribution in [0.5, 0.6) is 0 Å². The molecule has 0 aliphatic rings. The molecule has 5 rings (SSSR count). The van der Waals surface area contributed by atoms with E-state index in [1.54, 1.807) is 34.9 Å². The van der Waals surface area contributed by atoms with Crippen molar-refractivity contribution in [3.05, 3.63) is 57.5 Å². The van der Waals surface area contributed by atoms with Crippen LogP contribution in [0, 0.1) is 38.7 Å². The Balaban J connectivity index is 1.63. The molecule has 5 N–H and O–H groups in total. The number of aromatic nitrogens is 9. The zero-order valence-electron chi connectivity index (χ0n) is 26.9. The molecule has 0 saturated carbocycles. The lowest BCUT2D eigenvalue weighted by Gasteiger charge is -2.14. The molecule has 5 heterocycles. The van der Waals surface area contributed by atoms with Crippen molar-refractivity contribution in [3.63, 3.8) is 0 Å². The Labute approximate surface area is 276 Å². The summed E-state index contributed by atoms with van der Waals surface area (Å²) in [5.41, 5.74) is 14.1. The molecule has 0 radical (unpaired) electrons. The number of rotatable bonds is 9. The van der Waals surface area contributed by atoms with Gasteiger partial charge in [-0.15, -0.1) is 20.5 Å². The highest BCUT2D eigenvalue weighted by atomic mass is 16.5. The van der Waals surface area contributed by atoms with Crippen molar-refractivity contribution in [1.82, 2.24) is 44.1 Å². The first-order valence-electron chi connectivity index (χ1n) is 14.0. The van der Waals surface area contributed by atoms with Crippen molar-refractivity contribution in [2.24, 2.45) is 34.6 Å². The SMILES string of the molecule is [C-]#[N+]c1c(-n2nc(C)c(N=Nc3c(C(=O)OC)cnn3C)c2N)nc(-n2nc(C)c(N=Nc3c(C(=O)CO)cnn3C)c2N)c(C#N)c1C. The number of hydrogen-bond acceptors (Lipinski definition) is 16. The van der Waals surface area contributed by atoms with Crippen LogP contribution in [0.1, 0.15) is 43.2 Å². The number of hydrogen-bond donors (Lipinski definition) is 3. The highest BCUT2D eigenvalue weighted by Gasteiger charge is 2.27. The molecular weight excluding hydrogens is 638 g/mol. The van der Waals surface area contributed by atoms with Crippen LogP contribution in [0.25, 0.3) is 16.5 Å². The summed E-state index contributed by atoms with van der Waals surface area (Å²) in [6.45, 7) is 11.9. The van der Waals surface area contributed by atoms with Crippen LogP contribution < -0.4 is 11.5 Å². The third-order valence-corrected chi connectivity index (χ3v) is 7.28. The van der Waals surface area contributed by atoms with Crippen LogP contribution in [0.3, 0.4) is 0 Å². The van der Waals surface area contributed by atoms with E-state index in [0.717, 1.165) is 0 Å². The molecule has 5 aromatic rings. The predicted molar refractivity (Wildman–Crippen MR) is 170 cm³/mol. The summed E-state index contributed by atoms with van der Waals surface area (Å²) < 4.78 is 9.75. The van der Waals surface area contributed by atoms with Crippen molar-refractivity contribution < 1.29 is 19.4 Å². The van der Waals surface area contributed by atoms with Crippen LogP contribution in [0.4, 0.5) is 40.3 Å². The van der Waals surface area contributed by atoms with Gasteiger partial charge < -0.3 is 21.3 Å². The zero-order valence-corrected chi connectivity index (χ0v) is 26.9. The predicted octanol–water partition coefficient (Wildman–Crippen LogP) is 3.22. The number of carbonyl (C=O) groups is 2. The number of esters is 1. The molecule has 0 amide bonds. The number of nitrogen functional groups attached to an aromatic ring is 2. The molecule has 5 aromatic heterocycles. The van der Waals surface area contributed by atoms with E-state index in [-0.39, 0.29) is 79.9 Å². The second-order valence-corrected chi connectivity index (χ2v) is 10.3. The van der Waals surface area contributed by atoms with Gasteiger partial charge >= 0.3 is 5.97 Å². The standard InChI is InChI=1S/C28H27N17O4/c1-12-15(8-29)24(44-22(30)20(13(2)40-44)36-38-25-16(18(47)11-46)9-33-42(25)5)35-27(19(12)32-4)45-23(31)21(14(3)41-45)37-39-26-17(28(48)49-7)10-34-43(26)6/h9-10,46H,11,30-31H2,1-3,5-7H3. The van der Waals surface area contributed by atoms with E-state index in [2.05, 4.69) is 56.7 Å². The summed E-state index contributed by atoms with van der Waals surface area (Å²) >= 11 is 0.